The Morgan fingerprint density at radius 2 is 1.70 bits per heavy atom. The van der Waals surface area contributed by atoms with Gasteiger partial charge in [0.25, 0.3) is 0 Å². The Hall–Kier alpha value is -2.04. The van der Waals surface area contributed by atoms with E-state index in [0.29, 0.717) is 0 Å². The number of carbonyl (C=O) groups excluding carboxylic acids is 2. The zero-order chi connectivity index (χ0) is 15.3. The highest BCUT2D eigenvalue weighted by molar-refractivity contribution is 5.98. The van der Waals surface area contributed by atoms with Gasteiger partial charge in [0.15, 0.2) is 0 Å². The fourth-order valence-electron chi connectivity index (χ4n) is 1.67. The van der Waals surface area contributed by atoms with E-state index in [9.17, 15) is 9.59 Å². The van der Waals surface area contributed by atoms with Gasteiger partial charge in [-0.3, -0.25) is 10.1 Å². The summed E-state index contributed by atoms with van der Waals surface area (Å²) >= 11 is 0. The molecule has 0 fully saturated rings. The highest BCUT2D eigenvalue weighted by Gasteiger charge is 2.16. The van der Waals surface area contributed by atoms with E-state index in [0.717, 1.165) is 11.3 Å². The molecule has 0 saturated heterocycles. The third kappa shape index (κ3) is 4.91. The Labute approximate surface area is 120 Å². The molecule has 110 valence electrons. The lowest BCUT2D eigenvalue weighted by atomic mass is 10.1. The van der Waals surface area contributed by atoms with Crippen LogP contribution in [-0.2, 0) is 4.79 Å². The summed E-state index contributed by atoms with van der Waals surface area (Å²) in [7, 11) is 0. The fourth-order valence-corrected chi connectivity index (χ4v) is 1.67. The number of nitrogens with one attached hydrogen (secondary N) is 3. The number of aryl methyl sites for hydroxylation is 2. The largest absolute Gasteiger partial charge is 0.374 e. The van der Waals surface area contributed by atoms with Gasteiger partial charge in [-0.25, -0.2) is 4.79 Å². The molecule has 0 spiro atoms. The number of rotatable bonds is 4. The molecular formula is C15H23N3O2. The summed E-state index contributed by atoms with van der Waals surface area (Å²) in [6.07, 6.45) is 0. The zero-order valence-corrected chi connectivity index (χ0v) is 12.7. The van der Waals surface area contributed by atoms with E-state index in [1.165, 1.54) is 5.56 Å². The molecule has 0 aliphatic rings. The highest BCUT2D eigenvalue weighted by Crippen LogP contribution is 2.14. The van der Waals surface area contributed by atoms with Crippen molar-refractivity contribution >= 4 is 17.6 Å². The van der Waals surface area contributed by atoms with Crippen molar-refractivity contribution in [2.45, 2.75) is 46.7 Å². The van der Waals surface area contributed by atoms with Crippen LogP contribution in [0.2, 0.25) is 0 Å². The minimum Gasteiger partial charge on any atom is -0.374 e. The van der Waals surface area contributed by atoms with Gasteiger partial charge in [-0.05, 0) is 57.9 Å². The third-order valence-electron chi connectivity index (χ3n) is 2.94. The number of carbonyl (C=O) groups is 2. The highest BCUT2D eigenvalue weighted by atomic mass is 16.2. The van der Waals surface area contributed by atoms with Crippen molar-refractivity contribution in [3.05, 3.63) is 29.3 Å². The second kappa shape index (κ2) is 6.93. The number of anilines is 1. The normalized spacial score (nSPS) is 11.9. The van der Waals surface area contributed by atoms with E-state index < -0.39 is 12.1 Å². The predicted octanol–water partition coefficient (Wildman–Crippen LogP) is 2.34. The summed E-state index contributed by atoms with van der Waals surface area (Å²) in [5.74, 6) is -0.360. The van der Waals surface area contributed by atoms with Crippen LogP contribution in [0.4, 0.5) is 10.5 Å². The molecule has 20 heavy (non-hydrogen) atoms. The minimum absolute atomic E-state index is 0.00851. The molecule has 0 bridgehead atoms. The Morgan fingerprint density at radius 3 is 2.25 bits per heavy atom. The summed E-state index contributed by atoms with van der Waals surface area (Å²) in [6.45, 7) is 9.43. The molecule has 5 nitrogen and oxygen atoms in total. The first kappa shape index (κ1) is 16.0. The molecule has 1 atom stereocenters. The predicted molar refractivity (Wildman–Crippen MR) is 80.8 cm³/mol. The second-order valence-corrected chi connectivity index (χ2v) is 5.28. The van der Waals surface area contributed by atoms with E-state index in [1.54, 1.807) is 6.92 Å². The van der Waals surface area contributed by atoms with Crippen LogP contribution in [0, 0.1) is 13.8 Å². The van der Waals surface area contributed by atoms with Crippen LogP contribution in [0.25, 0.3) is 0 Å². The van der Waals surface area contributed by atoms with E-state index in [4.69, 9.17) is 0 Å². The first-order valence-corrected chi connectivity index (χ1v) is 6.74. The average molecular weight is 277 g/mol. The lowest BCUT2D eigenvalue weighted by Gasteiger charge is -2.16. The lowest BCUT2D eigenvalue weighted by molar-refractivity contribution is -0.120. The standard InChI is InChI=1S/C15H23N3O2/c1-9(2)16-15(20)18-14(19)12(5)17-13-7-6-10(3)11(4)8-13/h6-9,12,17H,1-5H3,(H2,16,18,19,20). The molecule has 1 aromatic carbocycles. The number of hydrogen-bond donors (Lipinski definition) is 3. The molecule has 1 rings (SSSR count). The van der Waals surface area contributed by atoms with Crippen LogP contribution in [-0.4, -0.2) is 24.0 Å². The molecule has 1 aromatic rings. The molecule has 0 aliphatic carbocycles. The summed E-state index contributed by atoms with van der Waals surface area (Å²) < 4.78 is 0. The van der Waals surface area contributed by atoms with E-state index >= 15 is 0 Å². The van der Waals surface area contributed by atoms with Crippen LogP contribution >= 0.6 is 0 Å². The van der Waals surface area contributed by atoms with Crippen molar-refractivity contribution in [1.82, 2.24) is 10.6 Å². The van der Waals surface area contributed by atoms with Crippen LogP contribution in [0.5, 0.6) is 0 Å². The zero-order valence-electron chi connectivity index (χ0n) is 12.7. The maximum atomic E-state index is 11.9. The molecule has 0 radical (unpaired) electrons. The number of imide groups is 1. The summed E-state index contributed by atoms with van der Waals surface area (Å²) in [4.78, 5) is 23.3. The van der Waals surface area contributed by atoms with Crippen molar-refractivity contribution in [2.75, 3.05) is 5.32 Å². The first-order valence-electron chi connectivity index (χ1n) is 6.74. The molecular weight excluding hydrogens is 254 g/mol. The number of urea groups is 1. The molecule has 0 aliphatic heterocycles. The Bertz CT molecular complexity index is 498. The molecule has 0 heterocycles. The van der Waals surface area contributed by atoms with Crippen molar-refractivity contribution in [1.29, 1.82) is 0 Å². The van der Waals surface area contributed by atoms with Gasteiger partial charge >= 0.3 is 6.03 Å². The van der Waals surface area contributed by atoms with Gasteiger partial charge in [-0.2, -0.15) is 0 Å². The molecule has 0 aromatic heterocycles. The number of amides is 3. The van der Waals surface area contributed by atoms with E-state index in [2.05, 4.69) is 16.0 Å². The summed E-state index contributed by atoms with van der Waals surface area (Å²) in [5, 5.41) is 7.99. The summed E-state index contributed by atoms with van der Waals surface area (Å²) in [6, 6.07) is 4.92. The maximum Gasteiger partial charge on any atom is 0.321 e. The quantitative estimate of drug-likeness (QED) is 0.791. The Balaban J connectivity index is 2.57. The van der Waals surface area contributed by atoms with Gasteiger partial charge in [0.2, 0.25) is 5.91 Å². The lowest BCUT2D eigenvalue weighted by Crippen LogP contribution is -2.47. The van der Waals surface area contributed by atoms with Gasteiger partial charge in [0.1, 0.15) is 6.04 Å². The van der Waals surface area contributed by atoms with Gasteiger partial charge in [0.05, 0.1) is 0 Å². The fraction of sp³-hybridized carbons (Fsp3) is 0.467. The molecule has 3 amide bonds. The number of benzene rings is 1. The first-order chi connectivity index (χ1) is 9.29. The van der Waals surface area contributed by atoms with Crippen molar-refractivity contribution in [2.24, 2.45) is 0 Å². The number of hydrogen-bond acceptors (Lipinski definition) is 3. The van der Waals surface area contributed by atoms with Crippen molar-refractivity contribution in [3.8, 4) is 0 Å². The van der Waals surface area contributed by atoms with E-state index in [1.807, 2.05) is 45.9 Å². The topological polar surface area (TPSA) is 70.2 Å². The maximum absolute atomic E-state index is 11.9. The smallest absolute Gasteiger partial charge is 0.321 e. The molecule has 0 saturated carbocycles. The van der Waals surface area contributed by atoms with Crippen molar-refractivity contribution in [3.63, 3.8) is 0 Å². The SMILES string of the molecule is Cc1ccc(NC(C)C(=O)NC(=O)NC(C)C)cc1C. The van der Waals surface area contributed by atoms with E-state index in [-0.39, 0.29) is 11.9 Å². The van der Waals surface area contributed by atoms with Crippen LogP contribution < -0.4 is 16.0 Å². The van der Waals surface area contributed by atoms with Crippen molar-refractivity contribution < 1.29 is 9.59 Å². The van der Waals surface area contributed by atoms with Gasteiger partial charge in [-0.1, -0.05) is 6.07 Å². The Kier molecular flexibility index (Phi) is 5.55. The monoisotopic (exact) mass is 277 g/mol. The van der Waals surface area contributed by atoms with Gasteiger partial charge in [0, 0.05) is 11.7 Å². The van der Waals surface area contributed by atoms with Gasteiger partial charge < -0.3 is 10.6 Å². The molecule has 3 N–H and O–H groups in total. The van der Waals surface area contributed by atoms with Crippen LogP contribution in [0.15, 0.2) is 18.2 Å². The van der Waals surface area contributed by atoms with Gasteiger partial charge in [-0.15, -0.1) is 0 Å². The molecule has 5 heteroatoms. The third-order valence-corrected chi connectivity index (χ3v) is 2.94. The minimum atomic E-state index is -0.491. The van der Waals surface area contributed by atoms with Crippen LogP contribution in [0.1, 0.15) is 31.9 Å². The summed E-state index contributed by atoms with van der Waals surface area (Å²) in [5.41, 5.74) is 3.21. The second-order valence-electron chi connectivity index (χ2n) is 5.28. The average Bonchev–Trinajstić information content (AvgIpc) is 2.32. The Morgan fingerprint density at radius 1 is 1.05 bits per heavy atom. The van der Waals surface area contributed by atoms with Crippen LogP contribution in [0.3, 0.4) is 0 Å². The molecule has 1 unspecified atom stereocenters.